The summed E-state index contributed by atoms with van der Waals surface area (Å²) in [5.41, 5.74) is 2.53. The van der Waals surface area contributed by atoms with Gasteiger partial charge >= 0.3 is 0 Å². The second-order valence-electron chi connectivity index (χ2n) is 6.51. The molecular formula is C20H18N4OS2. The lowest BCUT2D eigenvalue weighted by atomic mass is 9.97. The fraction of sp³-hybridized carbons (Fsp3) is 0.300. The van der Waals surface area contributed by atoms with Crippen molar-refractivity contribution < 1.29 is 4.79 Å². The van der Waals surface area contributed by atoms with E-state index in [-0.39, 0.29) is 11.2 Å². The number of thioether (sulfide) groups is 1. The standard InChI is InChI=1S/C20H18N4OS2/c1-12(18(25)24-14-6-4-5-13(9-14)10-21)26-19-17-15-7-2-3-8-16(15)27-20(17)23-11-22-19/h4-6,9,11-12H,2-3,7-8H2,1H3,(H,24,25). The monoisotopic (exact) mass is 394 g/mol. The van der Waals surface area contributed by atoms with Crippen LogP contribution in [-0.4, -0.2) is 21.1 Å². The van der Waals surface area contributed by atoms with Gasteiger partial charge in [0.25, 0.3) is 0 Å². The summed E-state index contributed by atoms with van der Waals surface area (Å²) in [5.74, 6) is -0.106. The second-order valence-corrected chi connectivity index (χ2v) is 8.92. The Hall–Kier alpha value is -2.43. The molecule has 1 aliphatic carbocycles. The topological polar surface area (TPSA) is 78.7 Å². The number of fused-ring (bicyclic) bond motifs is 3. The summed E-state index contributed by atoms with van der Waals surface area (Å²) in [5, 5.41) is 13.6. The van der Waals surface area contributed by atoms with Crippen LogP contribution in [0.1, 0.15) is 35.8 Å². The van der Waals surface area contributed by atoms with Crippen LogP contribution < -0.4 is 5.32 Å². The van der Waals surface area contributed by atoms with Crippen molar-refractivity contribution in [2.24, 2.45) is 0 Å². The van der Waals surface area contributed by atoms with E-state index >= 15 is 0 Å². The van der Waals surface area contributed by atoms with E-state index in [2.05, 4.69) is 21.4 Å². The van der Waals surface area contributed by atoms with Crippen LogP contribution in [0, 0.1) is 11.3 Å². The zero-order valence-corrected chi connectivity index (χ0v) is 16.5. The van der Waals surface area contributed by atoms with Gasteiger partial charge in [0.15, 0.2) is 0 Å². The number of carbonyl (C=O) groups is 1. The highest BCUT2D eigenvalue weighted by Crippen LogP contribution is 2.40. The molecular weight excluding hydrogens is 376 g/mol. The lowest BCUT2D eigenvalue weighted by Crippen LogP contribution is -2.22. The molecule has 0 radical (unpaired) electrons. The molecule has 4 rings (SSSR count). The van der Waals surface area contributed by atoms with Crippen LogP contribution in [0.4, 0.5) is 5.69 Å². The summed E-state index contributed by atoms with van der Waals surface area (Å²) in [6, 6.07) is 9.02. The van der Waals surface area contributed by atoms with E-state index in [0.29, 0.717) is 11.3 Å². The predicted molar refractivity (Wildman–Crippen MR) is 109 cm³/mol. The Morgan fingerprint density at radius 2 is 2.19 bits per heavy atom. The van der Waals surface area contributed by atoms with Gasteiger partial charge in [0.2, 0.25) is 5.91 Å². The number of nitrogens with one attached hydrogen (secondary N) is 1. The molecule has 0 bridgehead atoms. The molecule has 7 heteroatoms. The van der Waals surface area contributed by atoms with Gasteiger partial charge in [0.1, 0.15) is 16.2 Å². The summed E-state index contributed by atoms with van der Waals surface area (Å²) < 4.78 is 0. The average molecular weight is 395 g/mol. The van der Waals surface area contributed by atoms with Gasteiger partial charge in [-0.2, -0.15) is 5.26 Å². The Balaban J connectivity index is 1.55. The number of carbonyl (C=O) groups excluding carboxylic acids is 1. The molecule has 2 aromatic heterocycles. The minimum atomic E-state index is -0.312. The van der Waals surface area contributed by atoms with Gasteiger partial charge in [0.05, 0.1) is 16.9 Å². The SMILES string of the molecule is CC(Sc1ncnc2sc3c(c12)CCCC3)C(=O)Nc1cccc(C#N)c1. The molecule has 1 aliphatic rings. The van der Waals surface area contributed by atoms with Crippen LogP contribution >= 0.6 is 23.1 Å². The molecule has 1 N–H and O–H groups in total. The maximum Gasteiger partial charge on any atom is 0.237 e. The summed E-state index contributed by atoms with van der Waals surface area (Å²) in [4.78, 5) is 24.0. The lowest BCUT2D eigenvalue weighted by molar-refractivity contribution is -0.115. The van der Waals surface area contributed by atoms with Crippen molar-refractivity contribution in [1.82, 2.24) is 9.97 Å². The van der Waals surface area contributed by atoms with E-state index < -0.39 is 0 Å². The van der Waals surface area contributed by atoms with E-state index in [1.165, 1.54) is 35.0 Å². The fourth-order valence-corrected chi connectivity index (χ4v) is 5.52. The van der Waals surface area contributed by atoms with E-state index in [1.54, 1.807) is 41.9 Å². The molecule has 0 saturated carbocycles. The van der Waals surface area contributed by atoms with Crippen molar-refractivity contribution in [3.8, 4) is 6.07 Å². The number of benzene rings is 1. The number of anilines is 1. The molecule has 0 saturated heterocycles. The minimum absolute atomic E-state index is 0.106. The molecule has 3 aromatic rings. The molecule has 0 fully saturated rings. The highest BCUT2D eigenvalue weighted by atomic mass is 32.2. The first-order valence-electron chi connectivity index (χ1n) is 8.88. The van der Waals surface area contributed by atoms with Gasteiger partial charge in [-0.1, -0.05) is 17.8 Å². The summed E-state index contributed by atoms with van der Waals surface area (Å²) in [6.45, 7) is 1.88. The smallest absolute Gasteiger partial charge is 0.237 e. The number of aromatic nitrogens is 2. The van der Waals surface area contributed by atoms with Crippen molar-refractivity contribution in [3.05, 3.63) is 46.6 Å². The van der Waals surface area contributed by atoms with Gasteiger partial charge in [-0.05, 0) is 56.4 Å². The molecule has 0 aliphatic heterocycles. The van der Waals surface area contributed by atoms with Crippen LogP contribution in [0.25, 0.3) is 10.2 Å². The molecule has 0 spiro atoms. The van der Waals surface area contributed by atoms with Gasteiger partial charge in [0, 0.05) is 16.0 Å². The number of amides is 1. The van der Waals surface area contributed by atoms with Gasteiger partial charge < -0.3 is 5.32 Å². The molecule has 1 unspecified atom stereocenters. The highest BCUT2D eigenvalue weighted by molar-refractivity contribution is 8.00. The highest BCUT2D eigenvalue weighted by Gasteiger charge is 2.23. The summed E-state index contributed by atoms with van der Waals surface area (Å²) in [7, 11) is 0. The molecule has 5 nitrogen and oxygen atoms in total. The maximum atomic E-state index is 12.6. The molecule has 1 atom stereocenters. The van der Waals surface area contributed by atoms with E-state index in [1.807, 2.05) is 6.92 Å². The van der Waals surface area contributed by atoms with Crippen molar-refractivity contribution in [1.29, 1.82) is 5.26 Å². The first-order valence-corrected chi connectivity index (χ1v) is 10.6. The van der Waals surface area contributed by atoms with Gasteiger partial charge in [-0.3, -0.25) is 4.79 Å². The number of aryl methyl sites for hydroxylation is 2. The summed E-state index contributed by atoms with van der Waals surface area (Å²) in [6.07, 6.45) is 6.20. The third kappa shape index (κ3) is 3.68. The Morgan fingerprint density at radius 3 is 3.04 bits per heavy atom. The fourth-order valence-electron chi connectivity index (χ4n) is 3.28. The maximum absolute atomic E-state index is 12.6. The van der Waals surface area contributed by atoms with E-state index in [0.717, 1.165) is 28.1 Å². The predicted octanol–water partition coefficient (Wildman–Crippen LogP) is 4.56. The van der Waals surface area contributed by atoms with Crippen LogP contribution in [0.2, 0.25) is 0 Å². The van der Waals surface area contributed by atoms with Gasteiger partial charge in [-0.25, -0.2) is 9.97 Å². The Morgan fingerprint density at radius 1 is 1.33 bits per heavy atom. The quantitative estimate of drug-likeness (QED) is 0.518. The number of hydrogen-bond donors (Lipinski definition) is 1. The van der Waals surface area contributed by atoms with Crippen LogP contribution in [0.15, 0.2) is 35.6 Å². The molecule has 136 valence electrons. The largest absolute Gasteiger partial charge is 0.325 e. The zero-order valence-electron chi connectivity index (χ0n) is 14.9. The Bertz CT molecular complexity index is 1050. The number of nitrogens with zero attached hydrogens (tertiary/aromatic N) is 3. The second kappa shape index (κ2) is 7.67. The van der Waals surface area contributed by atoms with Crippen molar-refractivity contribution >= 4 is 44.9 Å². The third-order valence-corrected chi connectivity index (χ3v) is 6.93. The third-order valence-electron chi connectivity index (χ3n) is 4.63. The first-order chi connectivity index (χ1) is 13.2. The average Bonchev–Trinajstić information content (AvgIpc) is 3.07. The van der Waals surface area contributed by atoms with E-state index in [4.69, 9.17) is 5.26 Å². The minimum Gasteiger partial charge on any atom is -0.325 e. The normalized spacial score (nSPS) is 14.4. The molecule has 2 heterocycles. The Kier molecular flexibility index (Phi) is 5.10. The number of nitriles is 1. The van der Waals surface area contributed by atoms with Crippen LogP contribution in [0.5, 0.6) is 0 Å². The zero-order chi connectivity index (χ0) is 18.8. The number of thiophene rings is 1. The number of hydrogen-bond acceptors (Lipinski definition) is 6. The molecule has 1 aromatic carbocycles. The Labute approximate surface area is 165 Å². The van der Waals surface area contributed by atoms with Crippen molar-refractivity contribution in [2.45, 2.75) is 42.9 Å². The first kappa shape index (κ1) is 18.0. The molecule has 1 amide bonds. The van der Waals surface area contributed by atoms with Crippen LogP contribution in [0.3, 0.4) is 0 Å². The van der Waals surface area contributed by atoms with E-state index in [9.17, 15) is 4.79 Å². The van der Waals surface area contributed by atoms with Crippen molar-refractivity contribution in [3.63, 3.8) is 0 Å². The number of rotatable bonds is 4. The molecule has 27 heavy (non-hydrogen) atoms. The summed E-state index contributed by atoms with van der Waals surface area (Å²) >= 11 is 3.23. The van der Waals surface area contributed by atoms with Crippen molar-refractivity contribution in [2.75, 3.05) is 5.32 Å². The lowest BCUT2D eigenvalue weighted by Gasteiger charge is -2.14. The van der Waals surface area contributed by atoms with Crippen LogP contribution in [-0.2, 0) is 17.6 Å². The van der Waals surface area contributed by atoms with Gasteiger partial charge in [-0.15, -0.1) is 11.3 Å².